The average molecular weight is 449 g/mol. The fourth-order valence-corrected chi connectivity index (χ4v) is 3.87. The van der Waals surface area contributed by atoms with Gasteiger partial charge in [0.15, 0.2) is 0 Å². The number of carboxylic acids is 1. The molecule has 5 nitrogen and oxygen atoms in total. The molecule has 0 aliphatic heterocycles. The third-order valence-electron chi connectivity index (χ3n) is 5.39. The Labute approximate surface area is 195 Å². The minimum Gasteiger partial charge on any atom is -0.480 e. The number of aliphatic carboxylic acids is 1. The van der Waals surface area contributed by atoms with Gasteiger partial charge < -0.3 is 19.3 Å². The molecular formula is C28H32O5. The van der Waals surface area contributed by atoms with Gasteiger partial charge in [0, 0.05) is 13.2 Å². The smallest absolute Gasteiger partial charge is 0.329 e. The van der Waals surface area contributed by atoms with Crippen LogP contribution in [0.5, 0.6) is 0 Å². The van der Waals surface area contributed by atoms with Crippen molar-refractivity contribution in [3.05, 3.63) is 108 Å². The number of hydrogen-bond acceptors (Lipinski definition) is 4. The highest BCUT2D eigenvalue weighted by Gasteiger charge is 2.37. The Balaban J connectivity index is 1.60. The number of unbranched alkanes of at least 4 members (excludes halogenated alkanes) is 2. The minimum absolute atomic E-state index is 0.236. The van der Waals surface area contributed by atoms with Gasteiger partial charge in [-0.1, -0.05) is 91.0 Å². The van der Waals surface area contributed by atoms with Crippen LogP contribution in [0.1, 0.15) is 36.0 Å². The van der Waals surface area contributed by atoms with Gasteiger partial charge in [-0.25, -0.2) is 4.79 Å². The molecule has 33 heavy (non-hydrogen) atoms. The second-order valence-corrected chi connectivity index (χ2v) is 7.75. The summed E-state index contributed by atoms with van der Waals surface area (Å²) in [5.41, 5.74) is 2.49. The zero-order chi connectivity index (χ0) is 23.2. The van der Waals surface area contributed by atoms with E-state index in [9.17, 15) is 4.79 Å². The van der Waals surface area contributed by atoms with Gasteiger partial charge in [0.1, 0.15) is 12.2 Å². The fourth-order valence-electron chi connectivity index (χ4n) is 3.87. The van der Waals surface area contributed by atoms with E-state index in [2.05, 4.69) is 36.4 Å². The van der Waals surface area contributed by atoms with Crippen LogP contribution in [0.25, 0.3) is 0 Å². The van der Waals surface area contributed by atoms with Gasteiger partial charge in [-0.3, -0.25) is 0 Å². The third kappa shape index (κ3) is 7.26. The molecule has 0 radical (unpaired) electrons. The van der Waals surface area contributed by atoms with Crippen LogP contribution < -0.4 is 0 Å². The zero-order valence-electron chi connectivity index (χ0n) is 18.9. The molecule has 5 heteroatoms. The van der Waals surface area contributed by atoms with Crippen molar-refractivity contribution in [3.63, 3.8) is 0 Å². The van der Waals surface area contributed by atoms with Gasteiger partial charge in [0.2, 0.25) is 0 Å². The van der Waals surface area contributed by atoms with Crippen molar-refractivity contribution in [3.8, 4) is 0 Å². The topological polar surface area (TPSA) is 65.0 Å². The van der Waals surface area contributed by atoms with Crippen molar-refractivity contribution < 1.29 is 24.1 Å². The molecule has 0 unspecified atom stereocenters. The molecule has 0 aromatic heterocycles. The molecule has 1 N–H and O–H groups in total. The van der Waals surface area contributed by atoms with Crippen molar-refractivity contribution in [2.45, 2.75) is 24.9 Å². The highest BCUT2D eigenvalue weighted by molar-refractivity contribution is 5.67. The summed E-state index contributed by atoms with van der Waals surface area (Å²) in [5.74, 6) is -0.934. The van der Waals surface area contributed by atoms with E-state index in [-0.39, 0.29) is 6.61 Å². The predicted octanol–water partition coefficient (Wildman–Crippen LogP) is 5.28. The van der Waals surface area contributed by atoms with E-state index in [1.165, 1.54) is 0 Å². The van der Waals surface area contributed by atoms with Crippen LogP contribution >= 0.6 is 0 Å². The first kappa shape index (κ1) is 24.6. The standard InChI is InChI=1S/C28H32O5/c29-27(30)23-32-20-12-4-11-19-31-21-22-33-28(24-13-5-1-6-14-24,25-15-7-2-8-16-25)26-17-9-3-10-18-26/h1-3,5-10,13-18H,4,11-12,19-23H2,(H,29,30). The van der Waals surface area contributed by atoms with Gasteiger partial charge in [-0.2, -0.15) is 0 Å². The Hall–Kier alpha value is -2.99. The van der Waals surface area contributed by atoms with Crippen molar-refractivity contribution in [1.82, 2.24) is 0 Å². The van der Waals surface area contributed by atoms with Gasteiger partial charge >= 0.3 is 5.97 Å². The van der Waals surface area contributed by atoms with E-state index in [4.69, 9.17) is 19.3 Å². The second kappa shape index (κ2) is 13.5. The molecule has 0 saturated heterocycles. The first-order chi connectivity index (χ1) is 16.2. The SMILES string of the molecule is O=C(O)COCCCCCOCCOC(c1ccccc1)(c1ccccc1)c1ccccc1. The van der Waals surface area contributed by atoms with Crippen molar-refractivity contribution >= 4 is 5.97 Å². The number of carboxylic acid groups (broad SMARTS) is 1. The molecule has 3 rings (SSSR count). The van der Waals surface area contributed by atoms with E-state index in [0.717, 1.165) is 36.0 Å². The Kier molecular flexibility index (Phi) is 10.1. The monoisotopic (exact) mass is 448 g/mol. The number of ether oxygens (including phenoxy) is 3. The van der Waals surface area contributed by atoms with E-state index >= 15 is 0 Å². The zero-order valence-corrected chi connectivity index (χ0v) is 18.9. The molecule has 0 amide bonds. The van der Waals surface area contributed by atoms with E-state index < -0.39 is 11.6 Å². The maximum absolute atomic E-state index is 10.4. The van der Waals surface area contributed by atoms with E-state index in [1.807, 2.05) is 54.6 Å². The molecule has 0 spiro atoms. The first-order valence-electron chi connectivity index (χ1n) is 11.4. The largest absolute Gasteiger partial charge is 0.480 e. The van der Waals surface area contributed by atoms with Crippen LogP contribution in [0.15, 0.2) is 91.0 Å². The summed E-state index contributed by atoms with van der Waals surface area (Å²) in [5, 5.41) is 8.56. The first-order valence-corrected chi connectivity index (χ1v) is 11.4. The van der Waals surface area contributed by atoms with Crippen LogP contribution in [-0.4, -0.2) is 44.1 Å². The lowest BCUT2D eigenvalue weighted by Crippen LogP contribution is -2.34. The summed E-state index contributed by atoms with van der Waals surface area (Å²) in [4.78, 5) is 10.4. The van der Waals surface area contributed by atoms with Gasteiger partial charge in [0.05, 0.1) is 13.2 Å². The Morgan fingerprint density at radius 3 is 1.52 bits per heavy atom. The summed E-state index contributed by atoms with van der Waals surface area (Å²) >= 11 is 0. The quantitative estimate of drug-likeness (QED) is 0.253. The van der Waals surface area contributed by atoms with Gasteiger partial charge in [-0.15, -0.1) is 0 Å². The summed E-state index contributed by atoms with van der Waals surface area (Å²) < 4.78 is 17.5. The molecule has 3 aromatic rings. The fraction of sp³-hybridized carbons (Fsp3) is 0.321. The number of benzene rings is 3. The summed E-state index contributed by atoms with van der Waals surface area (Å²) in [6.45, 7) is 1.80. The number of carbonyl (C=O) groups is 1. The maximum Gasteiger partial charge on any atom is 0.329 e. The summed E-state index contributed by atoms with van der Waals surface area (Å²) in [6.07, 6.45) is 2.66. The lowest BCUT2D eigenvalue weighted by molar-refractivity contribution is -0.142. The Bertz CT molecular complexity index is 832. The van der Waals surface area contributed by atoms with Gasteiger partial charge in [-0.05, 0) is 36.0 Å². The van der Waals surface area contributed by atoms with Crippen LogP contribution in [0.2, 0.25) is 0 Å². The molecule has 0 heterocycles. The van der Waals surface area contributed by atoms with Crippen LogP contribution in [-0.2, 0) is 24.6 Å². The number of hydrogen-bond donors (Lipinski definition) is 1. The highest BCUT2D eigenvalue weighted by atomic mass is 16.5. The highest BCUT2D eigenvalue weighted by Crippen LogP contribution is 2.40. The minimum atomic E-state index is -0.934. The van der Waals surface area contributed by atoms with Crippen LogP contribution in [0, 0.1) is 0 Å². The Morgan fingerprint density at radius 2 is 1.06 bits per heavy atom. The lowest BCUT2D eigenvalue weighted by atomic mass is 9.80. The molecule has 3 aromatic carbocycles. The number of rotatable bonds is 15. The van der Waals surface area contributed by atoms with Crippen molar-refractivity contribution in [1.29, 1.82) is 0 Å². The molecule has 0 atom stereocenters. The summed E-state index contributed by atoms with van der Waals surface area (Å²) in [7, 11) is 0. The van der Waals surface area contributed by atoms with Crippen LogP contribution in [0.4, 0.5) is 0 Å². The predicted molar refractivity (Wildman–Crippen MR) is 128 cm³/mol. The molecule has 0 aliphatic rings. The molecule has 174 valence electrons. The normalized spacial score (nSPS) is 11.4. The average Bonchev–Trinajstić information content (AvgIpc) is 2.86. The van der Waals surface area contributed by atoms with Crippen molar-refractivity contribution in [2.24, 2.45) is 0 Å². The second-order valence-electron chi connectivity index (χ2n) is 7.75. The van der Waals surface area contributed by atoms with E-state index in [1.54, 1.807) is 0 Å². The molecule has 0 fully saturated rings. The molecular weight excluding hydrogens is 416 g/mol. The summed E-state index contributed by atoms with van der Waals surface area (Å²) in [6, 6.07) is 30.9. The lowest BCUT2D eigenvalue weighted by Gasteiger charge is -2.36. The maximum atomic E-state index is 10.4. The van der Waals surface area contributed by atoms with Gasteiger partial charge in [0.25, 0.3) is 0 Å². The van der Waals surface area contributed by atoms with Crippen molar-refractivity contribution in [2.75, 3.05) is 33.0 Å². The molecule has 0 saturated carbocycles. The third-order valence-corrected chi connectivity index (χ3v) is 5.39. The van der Waals surface area contributed by atoms with Crippen LogP contribution in [0.3, 0.4) is 0 Å². The molecule has 0 bridgehead atoms. The molecule has 0 aliphatic carbocycles. The van der Waals surface area contributed by atoms with E-state index in [0.29, 0.717) is 26.4 Å². The Morgan fingerprint density at radius 1 is 0.606 bits per heavy atom.